The zero-order valence-corrected chi connectivity index (χ0v) is 15.2. The van der Waals surface area contributed by atoms with Crippen LogP contribution >= 0.6 is 0 Å². The molecule has 5 nitrogen and oxygen atoms in total. The molecule has 5 heteroatoms. The second-order valence-electron chi connectivity index (χ2n) is 7.17. The van der Waals surface area contributed by atoms with Gasteiger partial charge in [0, 0.05) is 26.2 Å². The normalized spacial score (nSPS) is 11.4. The summed E-state index contributed by atoms with van der Waals surface area (Å²) in [6.07, 6.45) is 4.42. The first kappa shape index (κ1) is 18.0. The summed E-state index contributed by atoms with van der Waals surface area (Å²) in [7, 11) is 1.93. The zero-order valence-electron chi connectivity index (χ0n) is 15.2. The van der Waals surface area contributed by atoms with Crippen LogP contribution in [0.4, 0.5) is 0 Å². The Bertz CT molecular complexity index is 699. The molecule has 2 aromatic rings. The summed E-state index contributed by atoms with van der Waals surface area (Å²) in [4.78, 5) is 16.2. The molecule has 1 aromatic heterocycles. The van der Waals surface area contributed by atoms with Crippen LogP contribution in [-0.4, -0.2) is 28.6 Å². The number of carbonyl (C=O) groups excluding carboxylic acids is 1. The standard InChI is InChI=1S/C19H27N3O2/c1-14-6-7-17(16(10-14)19(2,3)4)24-12-18(23)20-9-8-15-11-22(5)13-21-15/h6-7,10-11,13H,8-9,12H2,1-5H3,(H,20,23). The molecule has 0 atom stereocenters. The highest BCUT2D eigenvalue weighted by Crippen LogP contribution is 2.32. The molecule has 0 fully saturated rings. The molecule has 0 aliphatic carbocycles. The lowest BCUT2D eigenvalue weighted by Gasteiger charge is -2.23. The van der Waals surface area contributed by atoms with E-state index < -0.39 is 0 Å². The molecule has 130 valence electrons. The molecule has 1 N–H and O–H groups in total. The second-order valence-corrected chi connectivity index (χ2v) is 7.17. The van der Waals surface area contributed by atoms with Crippen LogP contribution in [0.25, 0.3) is 0 Å². The molecular formula is C19H27N3O2. The minimum atomic E-state index is -0.119. The molecule has 0 bridgehead atoms. The van der Waals surface area contributed by atoms with Crippen LogP contribution in [0.15, 0.2) is 30.7 Å². The monoisotopic (exact) mass is 329 g/mol. The summed E-state index contributed by atoms with van der Waals surface area (Å²) in [6, 6.07) is 6.06. The highest BCUT2D eigenvalue weighted by Gasteiger charge is 2.19. The van der Waals surface area contributed by atoms with Crippen molar-refractivity contribution in [1.29, 1.82) is 0 Å². The van der Waals surface area contributed by atoms with Gasteiger partial charge in [0.15, 0.2) is 6.61 Å². The minimum absolute atomic E-state index is 0.0222. The molecule has 1 amide bonds. The van der Waals surface area contributed by atoms with Crippen molar-refractivity contribution in [3.63, 3.8) is 0 Å². The first-order chi connectivity index (χ1) is 11.3. The number of rotatable bonds is 6. The predicted molar refractivity (Wildman–Crippen MR) is 95.3 cm³/mol. The molecule has 0 aliphatic heterocycles. The SMILES string of the molecule is Cc1ccc(OCC(=O)NCCc2cn(C)cn2)c(C(C)(C)C)c1. The largest absolute Gasteiger partial charge is 0.483 e. The van der Waals surface area contributed by atoms with Crippen LogP contribution in [0, 0.1) is 6.92 Å². The summed E-state index contributed by atoms with van der Waals surface area (Å²) in [5.41, 5.74) is 3.24. The molecule has 1 heterocycles. The highest BCUT2D eigenvalue weighted by atomic mass is 16.5. The minimum Gasteiger partial charge on any atom is -0.483 e. The summed E-state index contributed by atoms with van der Waals surface area (Å²) in [5.74, 6) is 0.652. The number of benzene rings is 1. The van der Waals surface area contributed by atoms with E-state index in [-0.39, 0.29) is 17.9 Å². The van der Waals surface area contributed by atoms with Crippen molar-refractivity contribution in [1.82, 2.24) is 14.9 Å². The number of nitrogens with zero attached hydrogens (tertiary/aromatic N) is 2. The van der Waals surface area contributed by atoms with E-state index in [1.54, 1.807) is 6.33 Å². The Morgan fingerprint density at radius 1 is 1.33 bits per heavy atom. The quantitative estimate of drug-likeness (QED) is 0.886. The van der Waals surface area contributed by atoms with E-state index in [1.165, 1.54) is 5.56 Å². The molecule has 0 radical (unpaired) electrons. The maximum atomic E-state index is 12.0. The van der Waals surface area contributed by atoms with Gasteiger partial charge in [0.25, 0.3) is 5.91 Å². The van der Waals surface area contributed by atoms with E-state index in [2.05, 4.69) is 44.1 Å². The van der Waals surface area contributed by atoms with E-state index >= 15 is 0 Å². The summed E-state index contributed by atoms with van der Waals surface area (Å²) in [5, 5.41) is 2.87. The number of aromatic nitrogens is 2. The van der Waals surface area contributed by atoms with Crippen molar-refractivity contribution >= 4 is 5.91 Å². The van der Waals surface area contributed by atoms with Gasteiger partial charge in [-0.2, -0.15) is 0 Å². The van der Waals surface area contributed by atoms with E-state index in [0.717, 1.165) is 17.0 Å². The number of amides is 1. The Balaban J connectivity index is 1.85. The third-order valence-corrected chi connectivity index (χ3v) is 3.76. The van der Waals surface area contributed by atoms with Gasteiger partial charge < -0.3 is 14.6 Å². The maximum absolute atomic E-state index is 12.0. The molecule has 24 heavy (non-hydrogen) atoms. The Morgan fingerprint density at radius 3 is 2.71 bits per heavy atom. The zero-order chi connectivity index (χ0) is 17.7. The lowest BCUT2D eigenvalue weighted by molar-refractivity contribution is -0.123. The van der Waals surface area contributed by atoms with Gasteiger partial charge in [-0.05, 0) is 24.0 Å². The van der Waals surface area contributed by atoms with Gasteiger partial charge in [0.2, 0.25) is 0 Å². The maximum Gasteiger partial charge on any atom is 0.257 e. The molecule has 0 saturated carbocycles. The lowest BCUT2D eigenvalue weighted by Crippen LogP contribution is -2.31. The Morgan fingerprint density at radius 2 is 2.08 bits per heavy atom. The van der Waals surface area contributed by atoms with Crippen molar-refractivity contribution in [2.24, 2.45) is 7.05 Å². The topological polar surface area (TPSA) is 56.1 Å². The number of hydrogen-bond acceptors (Lipinski definition) is 3. The molecule has 0 aliphatic rings. The fourth-order valence-electron chi connectivity index (χ4n) is 2.48. The van der Waals surface area contributed by atoms with Crippen molar-refractivity contribution in [2.75, 3.05) is 13.2 Å². The lowest BCUT2D eigenvalue weighted by atomic mass is 9.85. The van der Waals surface area contributed by atoms with Gasteiger partial charge in [-0.1, -0.05) is 38.5 Å². The Kier molecular flexibility index (Phi) is 5.65. The van der Waals surface area contributed by atoms with E-state index in [9.17, 15) is 4.79 Å². The van der Waals surface area contributed by atoms with Gasteiger partial charge in [-0.15, -0.1) is 0 Å². The summed E-state index contributed by atoms with van der Waals surface area (Å²) >= 11 is 0. The molecule has 0 spiro atoms. The van der Waals surface area contributed by atoms with Crippen LogP contribution in [0.3, 0.4) is 0 Å². The van der Waals surface area contributed by atoms with Crippen molar-refractivity contribution in [2.45, 2.75) is 39.5 Å². The molecule has 2 rings (SSSR count). The number of nitrogens with one attached hydrogen (secondary N) is 1. The van der Waals surface area contributed by atoms with Gasteiger partial charge in [0.05, 0.1) is 12.0 Å². The number of carbonyl (C=O) groups is 1. The fraction of sp³-hybridized carbons (Fsp3) is 0.474. The van der Waals surface area contributed by atoms with Crippen LogP contribution in [-0.2, 0) is 23.7 Å². The number of aryl methyl sites for hydroxylation is 2. The number of ether oxygens (including phenoxy) is 1. The Hall–Kier alpha value is -2.30. The summed E-state index contributed by atoms with van der Waals surface area (Å²) < 4.78 is 7.65. The van der Waals surface area contributed by atoms with Crippen LogP contribution < -0.4 is 10.1 Å². The predicted octanol–water partition coefficient (Wildman–Crippen LogP) is 2.76. The molecular weight excluding hydrogens is 302 g/mol. The van der Waals surface area contributed by atoms with Crippen molar-refractivity contribution in [3.8, 4) is 5.75 Å². The van der Waals surface area contributed by atoms with E-state index in [4.69, 9.17) is 4.74 Å². The van der Waals surface area contributed by atoms with Crippen molar-refractivity contribution in [3.05, 3.63) is 47.5 Å². The van der Waals surface area contributed by atoms with E-state index in [1.807, 2.05) is 29.9 Å². The van der Waals surface area contributed by atoms with Gasteiger partial charge >= 0.3 is 0 Å². The average molecular weight is 329 g/mol. The molecule has 0 unspecified atom stereocenters. The van der Waals surface area contributed by atoms with Gasteiger partial charge in [0.1, 0.15) is 5.75 Å². The molecule has 1 aromatic carbocycles. The summed E-state index contributed by atoms with van der Waals surface area (Å²) in [6.45, 7) is 9.06. The molecule has 0 saturated heterocycles. The fourth-order valence-corrected chi connectivity index (χ4v) is 2.48. The third kappa shape index (κ3) is 5.11. The third-order valence-electron chi connectivity index (χ3n) is 3.76. The second kappa shape index (κ2) is 7.51. The average Bonchev–Trinajstić information content (AvgIpc) is 2.90. The smallest absolute Gasteiger partial charge is 0.257 e. The van der Waals surface area contributed by atoms with Gasteiger partial charge in [-0.25, -0.2) is 4.98 Å². The van der Waals surface area contributed by atoms with Crippen LogP contribution in [0.1, 0.15) is 37.6 Å². The first-order valence-corrected chi connectivity index (χ1v) is 8.23. The first-order valence-electron chi connectivity index (χ1n) is 8.23. The van der Waals surface area contributed by atoms with E-state index in [0.29, 0.717) is 13.0 Å². The van der Waals surface area contributed by atoms with Crippen LogP contribution in [0.5, 0.6) is 5.75 Å². The highest BCUT2D eigenvalue weighted by molar-refractivity contribution is 5.77. The van der Waals surface area contributed by atoms with Crippen molar-refractivity contribution < 1.29 is 9.53 Å². The number of imidazole rings is 1. The van der Waals surface area contributed by atoms with Gasteiger partial charge in [-0.3, -0.25) is 4.79 Å². The van der Waals surface area contributed by atoms with Crippen LogP contribution in [0.2, 0.25) is 0 Å². The number of hydrogen-bond donors (Lipinski definition) is 1. The Labute approximate surface area is 144 Å².